The van der Waals surface area contributed by atoms with E-state index in [0.717, 1.165) is 66.1 Å². The van der Waals surface area contributed by atoms with Crippen LogP contribution in [0.1, 0.15) is 0 Å². The Labute approximate surface area is 473 Å². The van der Waals surface area contributed by atoms with E-state index in [0.29, 0.717) is 0 Å². The second-order valence-electron chi connectivity index (χ2n) is 21.8. The fourth-order valence-electron chi connectivity index (χ4n) is 13.5. The molecule has 0 aliphatic heterocycles. The second kappa shape index (κ2) is 18.4. The van der Waals surface area contributed by atoms with Gasteiger partial charge < -0.3 is 8.83 Å². The Bertz CT molecular complexity index is 5350. The van der Waals surface area contributed by atoms with Gasteiger partial charge in [-0.25, -0.2) is 0 Å². The molecule has 0 N–H and O–H groups in total. The van der Waals surface area contributed by atoms with Crippen LogP contribution < -0.4 is 0 Å². The lowest BCUT2D eigenvalue weighted by molar-refractivity contribution is 0.669. The van der Waals surface area contributed by atoms with Crippen molar-refractivity contribution in [1.82, 2.24) is 0 Å². The van der Waals surface area contributed by atoms with Gasteiger partial charge in [-0.1, -0.05) is 231 Å². The molecule has 15 aromatic carbocycles. The van der Waals surface area contributed by atoms with Crippen molar-refractivity contribution in [2.45, 2.75) is 0 Å². The summed E-state index contributed by atoms with van der Waals surface area (Å²) in [5, 5.41) is 16.6. The molecule has 2 aromatic heterocycles. The number of rotatable bonds is 7. The Morgan fingerprint density at radius 1 is 0.159 bits per heavy atom. The van der Waals surface area contributed by atoms with Crippen LogP contribution in [0.3, 0.4) is 0 Å². The molecule has 17 aromatic rings. The lowest BCUT2D eigenvalue weighted by Crippen LogP contribution is -1.91. The van der Waals surface area contributed by atoms with Crippen LogP contribution in [-0.2, 0) is 0 Å². The maximum absolute atomic E-state index is 6.87. The fourth-order valence-corrected chi connectivity index (χ4v) is 13.5. The van der Waals surface area contributed by atoms with Crippen molar-refractivity contribution < 1.29 is 8.83 Å². The quantitative estimate of drug-likeness (QED) is 0.149. The van der Waals surface area contributed by atoms with Crippen LogP contribution in [0.15, 0.2) is 300 Å². The molecule has 17 rings (SSSR count). The first-order chi connectivity index (χ1) is 40.6. The normalized spacial score (nSPS) is 11.9. The summed E-state index contributed by atoms with van der Waals surface area (Å²) >= 11 is 0. The molecule has 0 spiro atoms. The van der Waals surface area contributed by atoms with Gasteiger partial charge in [0.2, 0.25) is 0 Å². The molecule has 0 bridgehead atoms. The summed E-state index contributed by atoms with van der Waals surface area (Å²) in [5.74, 6) is 0. The second-order valence-corrected chi connectivity index (χ2v) is 21.8. The smallest absolute Gasteiger partial charge is 0.136 e. The van der Waals surface area contributed by atoms with Crippen molar-refractivity contribution in [3.05, 3.63) is 291 Å². The van der Waals surface area contributed by atoms with Gasteiger partial charge in [0.1, 0.15) is 22.3 Å². The summed E-state index contributed by atoms with van der Waals surface area (Å²) < 4.78 is 13.3. The number of benzene rings is 15. The van der Waals surface area contributed by atoms with E-state index in [4.69, 9.17) is 8.83 Å². The Morgan fingerprint density at radius 3 is 0.988 bits per heavy atom. The minimum atomic E-state index is 0.874. The summed E-state index contributed by atoms with van der Waals surface area (Å²) in [6, 6.07) is 106. The SMILES string of the molecule is c1ccc(-c2cccc(-c3c4ccccc4c(-c4ccc5c(c4)oc4cc(-c6ccc7c(-c8cccc(-c9c%10ccccc%10c(-c%10ccc%11c(c%10)oc%10ccccc%10%11)c%10ccccc9%10)c8)cccc7c6)ccc45)c4ccccc34)c2)cc1. The third-order valence-electron chi connectivity index (χ3n) is 17.2. The molecule has 2 nitrogen and oxygen atoms in total. The van der Waals surface area contributed by atoms with Crippen molar-refractivity contribution in [3.63, 3.8) is 0 Å². The fraction of sp³-hybridized carbons (Fsp3) is 0. The van der Waals surface area contributed by atoms with Crippen LogP contribution >= 0.6 is 0 Å². The van der Waals surface area contributed by atoms with Gasteiger partial charge in [0.25, 0.3) is 0 Å². The summed E-state index contributed by atoms with van der Waals surface area (Å²) in [6.07, 6.45) is 0. The van der Waals surface area contributed by atoms with Crippen LogP contribution in [0.25, 0.3) is 176 Å². The molecule has 380 valence electrons. The van der Waals surface area contributed by atoms with Crippen LogP contribution in [0.5, 0.6) is 0 Å². The Hall–Kier alpha value is -10.8. The van der Waals surface area contributed by atoms with E-state index >= 15 is 0 Å². The highest BCUT2D eigenvalue weighted by atomic mass is 16.3. The third kappa shape index (κ3) is 7.28. The molecule has 0 radical (unpaired) electrons. The number of para-hydroxylation sites is 1. The molecule has 0 amide bonds. The van der Waals surface area contributed by atoms with E-state index in [1.54, 1.807) is 0 Å². The maximum Gasteiger partial charge on any atom is 0.136 e. The zero-order chi connectivity index (χ0) is 53.8. The zero-order valence-corrected chi connectivity index (χ0v) is 44.5. The zero-order valence-electron chi connectivity index (χ0n) is 44.5. The summed E-state index contributed by atoms with van der Waals surface area (Å²) in [7, 11) is 0. The standard InChI is InChI=1S/C80H48O2/c1-2-17-49(18-3-1)50-19-14-22-55(44-50)77-65-25-4-8-29-69(65)80(70-30-9-5-26-66(70)77)58-38-42-64-63-40-36-52(46-74(63)82-76(64)48-58)51-35-39-60-53(43-51)21-16-33-59(60)54-20-15-23-56(45-54)78-67-27-6-10-31-71(67)79(72-32-11-7-28-68(72)78)57-37-41-62-61-24-12-13-34-73(61)81-75(62)47-57/h1-48H. The highest BCUT2D eigenvalue weighted by molar-refractivity contribution is 6.24. The van der Waals surface area contributed by atoms with E-state index in [9.17, 15) is 0 Å². The van der Waals surface area contributed by atoms with E-state index in [-0.39, 0.29) is 0 Å². The first kappa shape index (κ1) is 46.1. The Kier molecular flexibility index (Phi) is 10.3. The monoisotopic (exact) mass is 1040 g/mol. The lowest BCUT2D eigenvalue weighted by Gasteiger charge is -2.18. The average molecular weight is 1040 g/mol. The molecular weight excluding hydrogens is 993 g/mol. The first-order valence-electron chi connectivity index (χ1n) is 28.2. The third-order valence-corrected chi connectivity index (χ3v) is 17.2. The van der Waals surface area contributed by atoms with Crippen LogP contribution in [0.4, 0.5) is 0 Å². The van der Waals surface area contributed by atoms with Gasteiger partial charge in [0.15, 0.2) is 0 Å². The van der Waals surface area contributed by atoms with Gasteiger partial charge in [-0.3, -0.25) is 0 Å². The highest BCUT2D eigenvalue weighted by Crippen LogP contribution is 2.48. The lowest BCUT2D eigenvalue weighted by atomic mass is 9.85. The molecule has 0 aliphatic carbocycles. The summed E-state index contributed by atoms with van der Waals surface area (Å²) in [5.41, 5.74) is 20.2. The van der Waals surface area contributed by atoms with E-state index < -0.39 is 0 Å². The van der Waals surface area contributed by atoms with Crippen LogP contribution in [0, 0.1) is 0 Å². The number of hydrogen-bond acceptors (Lipinski definition) is 2. The maximum atomic E-state index is 6.87. The minimum absolute atomic E-state index is 0.874. The minimum Gasteiger partial charge on any atom is -0.456 e. The predicted octanol–water partition coefficient (Wildman–Crippen LogP) is 22.9. The van der Waals surface area contributed by atoms with Crippen molar-refractivity contribution in [1.29, 1.82) is 0 Å². The van der Waals surface area contributed by atoms with Crippen molar-refractivity contribution in [3.8, 4) is 77.9 Å². The van der Waals surface area contributed by atoms with Gasteiger partial charge in [-0.05, 0) is 192 Å². The van der Waals surface area contributed by atoms with Gasteiger partial charge >= 0.3 is 0 Å². The van der Waals surface area contributed by atoms with E-state index in [2.05, 4.69) is 279 Å². The predicted molar refractivity (Wildman–Crippen MR) is 347 cm³/mol. The number of furan rings is 2. The van der Waals surface area contributed by atoms with Crippen molar-refractivity contribution in [2.75, 3.05) is 0 Å². The molecule has 0 aliphatic rings. The largest absolute Gasteiger partial charge is 0.456 e. The Balaban J connectivity index is 0.725. The molecule has 0 fully saturated rings. The van der Waals surface area contributed by atoms with Crippen molar-refractivity contribution in [2.24, 2.45) is 0 Å². The van der Waals surface area contributed by atoms with Gasteiger partial charge in [0, 0.05) is 21.5 Å². The summed E-state index contributed by atoms with van der Waals surface area (Å²) in [6.45, 7) is 0. The molecule has 2 heteroatoms. The van der Waals surface area contributed by atoms with Crippen molar-refractivity contribution >= 4 is 97.7 Å². The molecule has 2 heterocycles. The average Bonchev–Trinajstić information content (AvgIpc) is 2.56. The first-order valence-corrected chi connectivity index (χ1v) is 28.2. The molecule has 0 saturated carbocycles. The number of hydrogen-bond donors (Lipinski definition) is 0. The topological polar surface area (TPSA) is 26.3 Å². The molecular formula is C80H48O2. The molecule has 0 unspecified atom stereocenters. The van der Waals surface area contributed by atoms with E-state index in [1.807, 2.05) is 12.1 Å². The molecule has 0 saturated heterocycles. The van der Waals surface area contributed by atoms with Gasteiger partial charge in [0.05, 0.1) is 0 Å². The van der Waals surface area contributed by atoms with E-state index in [1.165, 1.54) is 109 Å². The Morgan fingerprint density at radius 2 is 0.476 bits per heavy atom. The van der Waals surface area contributed by atoms with Gasteiger partial charge in [-0.15, -0.1) is 0 Å². The van der Waals surface area contributed by atoms with Crippen LogP contribution in [-0.4, -0.2) is 0 Å². The van der Waals surface area contributed by atoms with Crippen LogP contribution in [0.2, 0.25) is 0 Å². The number of fused-ring (bicyclic) bond motifs is 11. The van der Waals surface area contributed by atoms with Gasteiger partial charge in [-0.2, -0.15) is 0 Å². The summed E-state index contributed by atoms with van der Waals surface area (Å²) in [4.78, 5) is 0. The molecule has 0 atom stereocenters. The highest BCUT2D eigenvalue weighted by Gasteiger charge is 2.21. The molecule has 82 heavy (non-hydrogen) atoms.